The predicted octanol–water partition coefficient (Wildman–Crippen LogP) is 4.98. The molecule has 0 saturated heterocycles. The van der Waals surface area contributed by atoms with E-state index in [0.29, 0.717) is 0 Å². The maximum atomic E-state index is 4.10. The smallest absolute Gasteiger partial charge is 0.0190 e. The molecule has 0 atom stereocenters. The van der Waals surface area contributed by atoms with Crippen LogP contribution >= 0.6 is 0 Å². The van der Waals surface area contributed by atoms with Crippen molar-refractivity contribution in [3.8, 4) is 0 Å². The van der Waals surface area contributed by atoms with Gasteiger partial charge in [-0.1, -0.05) is 80.3 Å². The van der Waals surface area contributed by atoms with Crippen molar-refractivity contribution >= 4 is 11.6 Å². The lowest BCUT2D eigenvalue weighted by Crippen LogP contribution is -1.81. The maximum Gasteiger partial charge on any atom is -0.0190 e. The molecule has 18 heavy (non-hydrogen) atoms. The molecule has 0 bridgehead atoms. The lowest BCUT2D eigenvalue weighted by Gasteiger charge is -2.01. The van der Waals surface area contributed by atoms with E-state index in [1.54, 1.807) is 0 Å². The van der Waals surface area contributed by atoms with Gasteiger partial charge in [0.1, 0.15) is 0 Å². The van der Waals surface area contributed by atoms with Crippen molar-refractivity contribution in [2.24, 2.45) is 0 Å². The first-order chi connectivity index (χ1) is 8.79. The SMILES string of the molecule is C=C(C=Cc1cccc(CC)c1)c1ccccc1. The van der Waals surface area contributed by atoms with Crippen LogP contribution in [-0.4, -0.2) is 0 Å². The summed E-state index contributed by atoms with van der Waals surface area (Å²) in [6, 6.07) is 18.8. The zero-order chi connectivity index (χ0) is 12.8. The van der Waals surface area contributed by atoms with E-state index < -0.39 is 0 Å². The first-order valence-corrected chi connectivity index (χ1v) is 6.31. The van der Waals surface area contributed by atoms with E-state index in [0.717, 1.165) is 12.0 Å². The molecule has 0 radical (unpaired) electrons. The molecule has 0 aliphatic carbocycles. The molecule has 0 aromatic heterocycles. The highest BCUT2D eigenvalue weighted by Crippen LogP contribution is 2.15. The molecule has 0 fully saturated rings. The predicted molar refractivity (Wildman–Crippen MR) is 80.3 cm³/mol. The van der Waals surface area contributed by atoms with Crippen LogP contribution in [0, 0.1) is 0 Å². The lowest BCUT2D eigenvalue weighted by atomic mass is 10.0. The number of hydrogen-bond acceptors (Lipinski definition) is 0. The molecule has 0 heterocycles. The summed E-state index contributed by atoms with van der Waals surface area (Å²) in [7, 11) is 0. The van der Waals surface area contributed by atoms with Crippen LogP contribution in [0.25, 0.3) is 11.6 Å². The molecule has 0 nitrogen and oxygen atoms in total. The molecule has 2 rings (SSSR count). The van der Waals surface area contributed by atoms with Gasteiger partial charge in [0, 0.05) is 0 Å². The average molecular weight is 234 g/mol. The fourth-order valence-electron chi connectivity index (χ4n) is 1.86. The molecule has 2 aromatic rings. The van der Waals surface area contributed by atoms with E-state index in [1.807, 2.05) is 18.2 Å². The summed E-state index contributed by atoms with van der Waals surface area (Å²) in [4.78, 5) is 0. The minimum Gasteiger partial charge on any atom is -0.0912 e. The Morgan fingerprint density at radius 1 is 1.06 bits per heavy atom. The summed E-state index contributed by atoms with van der Waals surface area (Å²) in [5.74, 6) is 0. The van der Waals surface area contributed by atoms with Gasteiger partial charge in [0.05, 0.1) is 0 Å². The van der Waals surface area contributed by atoms with E-state index in [9.17, 15) is 0 Å². The standard InChI is InChI=1S/C18H18/c1-3-16-8-7-9-17(14-16)13-12-15(2)18-10-5-4-6-11-18/h4-14H,2-3H2,1H3. The number of hydrogen-bond donors (Lipinski definition) is 0. The van der Waals surface area contributed by atoms with Crippen LogP contribution in [0.2, 0.25) is 0 Å². The summed E-state index contributed by atoms with van der Waals surface area (Å²) in [6.07, 6.45) is 5.26. The number of rotatable bonds is 4. The van der Waals surface area contributed by atoms with Crippen LogP contribution in [0.3, 0.4) is 0 Å². The van der Waals surface area contributed by atoms with Gasteiger partial charge in [0.2, 0.25) is 0 Å². The van der Waals surface area contributed by atoms with Crippen LogP contribution in [0.15, 0.2) is 67.3 Å². The molecule has 90 valence electrons. The monoisotopic (exact) mass is 234 g/mol. The summed E-state index contributed by atoms with van der Waals surface area (Å²) >= 11 is 0. The second-order valence-corrected chi connectivity index (χ2v) is 4.32. The van der Waals surface area contributed by atoms with Gasteiger partial charge < -0.3 is 0 Å². The van der Waals surface area contributed by atoms with Crippen molar-refractivity contribution < 1.29 is 0 Å². The van der Waals surface area contributed by atoms with Crippen LogP contribution in [-0.2, 0) is 6.42 Å². The van der Waals surface area contributed by atoms with Gasteiger partial charge in [-0.2, -0.15) is 0 Å². The Balaban J connectivity index is 2.13. The Kier molecular flexibility index (Phi) is 4.14. The van der Waals surface area contributed by atoms with E-state index >= 15 is 0 Å². The fourth-order valence-corrected chi connectivity index (χ4v) is 1.86. The second-order valence-electron chi connectivity index (χ2n) is 4.32. The number of allylic oxidation sites excluding steroid dienone is 2. The van der Waals surface area contributed by atoms with Crippen LogP contribution in [0.1, 0.15) is 23.6 Å². The molecule has 0 unspecified atom stereocenters. The van der Waals surface area contributed by atoms with Gasteiger partial charge in [-0.3, -0.25) is 0 Å². The van der Waals surface area contributed by atoms with Gasteiger partial charge in [-0.15, -0.1) is 0 Å². The Hall–Kier alpha value is -2.08. The van der Waals surface area contributed by atoms with Crippen LogP contribution in [0.4, 0.5) is 0 Å². The molecule has 0 aliphatic rings. The third-order valence-corrected chi connectivity index (χ3v) is 2.98. The molecule has 0 aliphatic heterocycles. The largest absolute Gasteiger partial charge is 0.0912 e. The Bertz CT molecular complexity index is 547. The van der Waals surface area contributed by atoms with Crippen molar-refractivity contribution in [1.29, 1.82) is 0 Å². The molecule has 2 aromatic carbocycles. The minimum atomic E-state index is 1.04. The lowest BCUT2D eigenvalue weighted by molar-refractivity contribution is 1.14. The topological polar surface area (TPSA) is 0 Å². The van der Waals surface area contributed by atoms with Gasteiger partial charge in [-0.25, -0.2) is 0 Å². The van der Waals surface area contributed by atoms with Gasteiger partial charge in [-0.05, 0) is 28.7 Å². The maximum absolute atomic E-state index is 4.10. The highest BCUT2D eigenvalue weighted by molar-refractivity contribution is 5.77. The van der Waals surface area contributed by atoms with E-state index in [2.05, 4.69) is 62.1 Å². The third kappa shape index (κ3) is 3.21. The summed E-state index contributed by atoms with van der Waals surface area (Å²) < 4.78 is 0. The minimum absolute atomic E-state index is 1.04. The molecular weight excluding hydrogens is 216 g/mol. The van der Waals surface area contributed by atoms with Crippen molar-refractivity contribution in [1.82, 2.24) is 0 Å². The third-order valence-electron chi connectivity index (χ3n) is 2.98. The first-order valence-electron chi connectivity index (χ1n) is 6.31. The molecular formula is C18H18. The highest BCUT2D eigenvalue weighted by Gasteiger charge is 1.94. The van der Waals surface area contributed by atoms with Crippen LogP contribution in [0.5, 0.6) is 0 Å². The van der Waals surface area contributed by atoms with Crippen molar-refractivity contribution in [2.75, 3.05) is 0 Å². The van der Waals surface area contributed by atoms with Crippen molar-refractivity contribution in [3.63, 3.8) is 0 Å². The Morgan fingerprint density at radius 3 is 2.56 bits per heavy atom. The molecule has 0 saturated carbocycles. The zero-order valence-electron chi connectivity index (χ0n) is 10.8. The Labute approximate surface area is 109 Å². The van der Waals surface area contributed by atoms with Crippen molar-refractivity contribution in [3.05, 3.63) is 83.9 Å². The normalized spacial score (nSPS) is 10.7. The molecule has 0 heteroatoms. The van der Waals surface area contributed by atoms with Gasteiger partial charge >= 0.3 is 0 Å². The quantitative estimate of drug-likeness (QED) is 0.655. The number of aryl methyl sites for hydroxylation is 1. The molecule has 0 N–H and O–H groups in total. The van der Waals surface area contributed by atoms with Crippen LogP contribution < -0.4 is 0 Å². The summed E-state index contributed by atoms with van der Waals surface area (Å²) in [6.45, 7) is 6.27. The van der Waals surface area contributed by atoms with E-state index in [-0.39, 0.29) is 0 Å². The summed E-state index contributed by atoms with van der Waals surface area (Å²) in [5.41, 5.74) is 4.80. The first kappa shape index (κ1) is 12.4. The van der Waals surface area contributed by atoms with E-state index in [1.165, 1.54) is 16.7 Å². The zero-order valence-corrected chi connectivity index (χ0v) is 10.8. The fraction of sp³-hybridized carbons (Fsp3) is 0.111. The molecule has 0 amide bonds. The molecule has 0 spiro atoms. The number of benzene rings is 2. The highest BCUT2D eigenvalue weighted by atomic mass is 14.0. The second kappa shape index (κ2) is 6.02. The van der Waals surface area contributed by atoms with E-state index in [4.69, 9.17) is 0 Å². The van der Waals surface area contributed by atoms with Gasteiger partial charge in [0.15, 0.2) is 0 Å². The Morgan fingerprint density at radius 2 is 1.83 bits per heavy atom. The van der Waals surface area contributed by atoms with Gasteiger partial charge in [0.25, 0.3) is 0 Å². The summed E-state index contributed by atoms with van der Waals surface area (Å²) in [5, 5.41) is 0. The van der Waals surface area contributed by atoms with Crippen molar-refractivity contribution in [2.45, 2.75) is 13.3 Å². The average Bonchev–Trinajstić information content (AvgIpc) is 2.46.